The monoisotopic (exact) mass is 244 g/mol. The molecule has 0 N–H and O–H groups in total. The summed E-state index contributed by atoms with van der Waals surface area (Å²) in [6.45, 7) is 6.52. The van der Waals surface area contributed by atoms with Crippen molar-refractivity contribution < 1.29 is 52.9 Å². The maximum absolute atomic E-state index is 10.9. The first-order valence-corrected chi connectivity index (χ1v) is 5.70. The molecule has 0 saturated carbocycles. The Morgan fingerprint density at radius 3 is 2.47 bits per heavy atom. The van der Waals surface area contributed by atoms with Crippen molar-refractivity contribution in [1.29, 1.82) is 0 Å². The quantitative estimate of drug-likeness (QED) is 0.243. The molecule has 0 aliphatic rings. The van der Waals surface area contributed by atoms with E-state index in [1.807, 2.05) is 6.92 Å². The van der Waals surface area contributed by atoms with E-state index in [1.54, 1.807) is 0 Å². The van der Waals surface area contributed by atoms with Crippen LogP contribution in [-0.4, -0.2) is 12.6 Å². The number of phosphoric ester groups is 1. The summed E-state index contributed by atoms with van der Waals surface area (Å²) in [6, 6.07) is 0. The predicted molar refractivity (Wildman–Crippen MR) is 49.4 cm³/mol. The first-order chi connectivity index (χ1) is 6.39. The first kappa shape index (κ1) is 17.7. The normalized spacial score (nSPS) is 13.5. The molecule has 0 saturated heterocycles. The van der Waals surface area contributed by atoms with Gasteiger partial charge in [-0.3, -0.25) is 4.57 Å². The molecule has 15 heavy (non-hydrogen) atoms. The Hall–Kier alpha value is 0.360. The number of hydrogen-bond acceptors (Lipinski definition) is 5. The summed E-state index contributed by atoms with van der Waals surface area (Å²) in [4.78, 5) is 21.8. The summed E-state index contributed by atoms with van der Waals surface area (Å²) >= 11 is 0. The van der Waals surface area contributed by atoms with Gasteiger partial charge in [-0.25, -0.2) is 4.79 Å². The maximum atomic E-state index is 10.9. The number of rotatable bonds is 6. The van der Waals surface area contributed by atoms with Gasteiger partial charge in [0.05, 0.1) is 6.61 Å². The van der Waals surface area contributed by atoms with Crippen molar-refractivity contribution in [1.82, 2.24) is 0 Å². The van der Waals surface area contributed by atoms with Crippen LogP contribution in [0.3, 0.4) is 0 Å². The largest absolute Gasteiger partial charge is 1.00 e. The second-order valence-corrected chi connectivity index (χ2v) is 4.13. The van der Waals surface area contributed by atoms with Crippen molar-refractivity contribution in [3.05, 3.63) is 12.2 Å². The molecule has 0 aromatic rings. The number of unbranched alkanes of at least 4 members (excludes halogenated alkanes) is 1. The topological polar surface area (TPSA) is 75.7 Å². The summed E-state index contributed by atoms with van der Waals surface area (Å²) in [5, 5.41) is 0. The molecule has 0 fully saturated rings. The van der Waals surface area contributed by atoms with E-state index in [0.717, 1.165) is 6.42 Å². The molecule has 82 valence electrons. The fraction of sp³-hybridized carbons (Fsp3) is 0.625. The molecule has 0 aliphatic heterocycles. The third-order valence-corrected chi connectivity index (χ3v) is 2.18. The molecule has 0 radical (unpaired) electrons. The molecule has 0 rings (SSSR count). The van der Waals surface area contributed by atoms with Gasteiger partial charge in [-0.2, -0.15) is 0 Å². The average Bonchev–Trinajstić information content (AvgIpc) is 2.03. The molecule has 0 amide bonds. The van der Waals surface area contributed by atoms with E-state index in [0.29, 0.717) is 6.42 Å². The van der Waals surface area contributed by atoms with Gasteiger partial charge in [-0.05, 0) is 13.3 Å². The zero-order valence-electron chi connectivity index (χ0n) is 9.32. The molecule has 0 aromatic carbocycles. The third kappa shape index (κ3) is 9.30. The predicted octanol–water partition coefficient (Wildman–Crippen LogP) is -1.61. The van der Waals surface area contributed by atoms with Gasteiger partial charge in [-0.1, -0.05) is 19.9 Å². The van der Waals surface area contributed by atoms with Crippen LogP contribution in [0.5, 0.6) is 0 Å². The fourth-order valence-electron chi connectivity index (χ4n) is 0.527. The Bertz CT molecular complexity index is 266. The van der Waals surface area contributed by atoms with Crippen molar-refractivity contribution in [3.8, 4) is 0 Å². The van der Waals surface area contributed by atoms with Crippen LogP contribution in [0.2, 0.25) is 0 Å². The van der Waals surface area contributed by atoms with Crippen LogP contribution in [0, 0.1) is 0 Å². The van der Waals surface area contributed by atoms with Crippen molar-refractivity contribution in [3.63, 3.8) is 0 Å². The number of hydrogen-bond donors (Lipinski definition) is 0. The molecule has 0 heterocycles. The molecule has 1 atom stereocenters. The van der Waals surface area contributed by atoms with E-state index in [2.05, 4.69) is 15.6 Å². The minimum Gasteiger partial charge on any atom is -0.746 e. The van der Waals surface area contributed by atoms with E-state index in [1.165, 1.54) is 6.92 Å². The average molecular weight is 244 g/mol. The van der Waals surface area contributed by atoms with Crippen LogP contribution in [0.4, 0.5) is 0 Å². The standard InChI is InChI=1S/C8H15O5P.Na/c1-4-5-6-12-14(10,11)13-8(9)7(2)3;/h2,4-6H2,1,3H3,(H,10,11);/q;+1/p-1. The Morgan fingerprint density at radius 1 is 1.53 bits per heavy atom. The van der Waals surface area contributed by atoms with E-state index in [-0.39, 0.29) is 41.7 Å². The van der Waals surface area contributed by atoms with Gasteiger partial charge in [0.2, 0.25) is 0 Å². The zero-order chi connectivity index (χ0) is 11.2. The summed E-state index contributed by atoms with van der Waals surface area (Å²) in [7, 11) is -4.49. The van der Waals surface area contributed by atoms with Crippen LogP contribution in [0.15, 0.2) is 12.2 Å². The summed E-state index contributed by atoms with van der Waals surface area (Å²) in [5.74, 6) is -0.986. The van der Waals surface area contributed by atoms with Crippen LogP contribution >= 0.6 is 7.82 Å². The van der Waals surface area contributed by atoms with Gasteiger partial charge >= 0.3 is 43.3 Å². The summed E-state index contributed by atoms with van der Waals surface area (Å²) in [6.07, 6.45) is 1.39. The van der Waals surface area contributed by atoms with E-state index < -0.39 is 13.8 Å². The molecule has 0 spiro atoms. The van der Waals surface area contributed by atoms with Gasteiger partial charge in [0.1, 0.15) is 0 Å². The van der Waals surface area contributed by atoms with Gasteiger partial charge in [0.25, 0.3) is 0 Å². The van der Waals surface area contributed by atoms with Crippen molar-refractivity contribution >= 4 is 13.8 Å². The van der Waals surface area contributed by atoms with E-state index in [9.17, 15) is 14.3 Å². The second kappa shape index (κ2) is 8.50. The SMILES string of the molecule is C=C(C)C(=O)OP(=O)([O-])OCCCC.[Na+]. The van der Waals surface area contributed by atoms with Crippen LogP contribution < -0.4 is 34.5 Å². The molecule has 0 bridgehead atoms. The number of phosphoric acid groups is 1. The van der Waals surface area contributed by atoms with Gasteiger partial charge in [0.15, 0.2) is 0 Å². The molecule has 5 nitrogen and oxygen atoms in total. The van der Waals surface area contributed by atoms with E-state index >= 15 is 0 Å². The van der Waals surface area contributed by atoms with Crippen molar-refractivity contribution in [2.24, 2.45) is 0 Å². The molecule has 1 unspecified atom stereocenters. The van der Waals surface area contributed by atoms with Crippen molar-refractivity contribution in [2.75, 3.05) is 6.61 Å². The summed E-state index contributed by atoms with van der Waals surface area (Å²) < 4.78 is 19.4. The van der Waals surface area contributed by atoms with Crippen LogP contribution in [-0.2, 0) is 18.4 Å². The number of carbonyl (C=O) groups is 1. The fourth-order valence-corrected chi connectivity index (χ4v) is 1.29. The van der Waals surface area contributed by atoms with Gasteiger partial charge in [-0.15, -0.1) is 0 Å². The number of carbonyl (C=O) groups excluding carboxylic acids is 1. The Morgan fingerprint density at radius 2 is 2.07 bits per heavy atom. The molecular formula is C8H14NaO5P. The van der Waals surface area contributed by atoms with E-state index in [4.69, 9.17) is 0 Å². The second-order valence-electron chi connectivity index (χ2n) is 2.79. The van der Waals surface area contributed by atoms with Crippen molar-refractivity contribution in [2.45, 2.75) is 26.7 Å². The molecule has 0 aliphatic carbocycles. The first-order valence-electron chi connectivity index (χ1n) is 4.24. The minimum absolute atomic E-state index is 0. The smallest absolute Gasteiger partial charge is 0.746 e. The summed E-state index contributed by atoms with van der Waals surface area (Å²) in [5.41, 5.74) is 0.0140. The molecule has 0 aromatic heterocycles. The Balaban J connectivity index is 0. The zero-order valence-corrected chi connectivity index (χ0v) is 12.2. The van der Waals surface area contributed by atoms with Gasteiger partial charge in [0, 0.05) is 5.57 Å². The Kier molecular flexibility index (Phi) is 10.1. The van der Waals surface area contributed by atoms with Gasteiger partial charge < -0.3 is 13.9 Å². The van der Waals surface area contributed by atoms with Crippen LogP contribution in [0.25, 0.3) is 0 Å². The molecule has 7 heteroatoms. The maximum Gasteiger partial charge on any atom is 1.00 e. The minimum atomic E-state index is -4.49. The third-order valence-electron chi connectivity index (χ3n) is 1.29. The Labute approximate surface area is 112 Å². The molecular weight excluding hydrogens is 230 g/mol. The van der Waals surface area contributed by atoms with Crippen LogP contribution in [0.1, 0.15) is 26.7 Å².